The van der Waals surface area contributed by atoms with Crippen LogP contribution in [0.3, 0.4) is 0 Å². The number of amides is 1. The molecule has 25 heavy (non-hydrogen) atoms. The minimum absolute atomic E-state index is 0.0704. The summed E-state index contributed by atoms with van der Waals surface area (Å²) in [6.07, 6.45) is 0. The number of sulfonamides is 1. The van der Waals surface area contributed by atoms with Gasteiger partial charge in [0.1, 0.15) is 0 Å². The molecule has 1 amide bonds. The van der Waals surface area contributed by atoms with Crippen LogP contribution in [-0.4, -0.2) is 31.7 Å². The number of benzene rings is 2. The summed E-state index contributed by atoms with van der Waals surface area (Å²) in [5, 5.41) is 3.18. The number of carbonyl (C=O) groups excluding carboxylic acids is 1. The summed E-state index contributed by atoms with van der Waals surface area (Å²) in [7, 11) is -3.64. The zero-order valence-corrected chi connectivity index (χ0v) is 16.1. The van der Waals surface area contributed by atoms with Crippen molar-refractivity contribution < 1.29 is 13.2 Å². The van der Waals surface area contributed by atoms with Crippen LogP contribution in [0, 0.1) is 0 Å². The van der Waals surface area contributed by atoms with E-state index in [0.717, 1.165) is 0 Å². The van der Waals surface area contributed by atoms with E-state index in [1.807, 2.05) is 0 Å². The van der Waals surface area contributed by atoms with E-state index in [0.29, 0.717) is 23.8 Å². The van der Waals surface area contributed by atoms with E-state index in [1.165, 1.54) is 28.6 Å². The van der Waals surface area contributed by atoms with Crippen molar-refractivity contribution in [2.24, 2.45) is 0 Å². The molecule has 0 saturated carbocycles. The molecule has 2 aromatic rings. The lowest BCUT2D eigenvalue weighted by molar-refractivity contribution is 0.102. The third-order valence-electron chi connectivity index (χ3n) is 3.64. The standard InChI is InChI=1S/C17H18Cl2N2O3S/c1-3-21(4-2)25(23,24)13-8-5-7-12(11-13)17(22)20-15-10-6-9-14(18)16(15)19/h5-11H,3-4H2,1-2H3,(H,20,22). The molecule has 8 heteroatoms. The molecule has 0 bridgehead atoms. The van der Waals surface area contributed by atoms with Gasteiger partial charge in [-0.2, -0.15) is 4.31 Å². The van der Waals surface area contributed by atoms with Gasteiger partial charge in [0.25, 0.3) is 5.91 Å². The summed E-state index contributed by atoms with van der Waals surface area (Å²) >= 11 is 12.0. The van der Waals surface area contributed by atoms with Crippen LogP contribution in [0.25, 0.3) is 0 Å². The molecule has 0 saturated heterocycles. The van der Waals surface area contributed by atoms with E-state index in [1.54, 1.807) is 32.0 Å². The topological polar surface area (TPSA) is 66.5 Å². The largest absolute Gasteiger partial charge is 0.321 e. The highest BCUT2D eigenvalue weighted by Crippen LogP contribution is 2.30. The first-order chi connectivity index (χ1) is 11.8. The van der Waals surface area contributed by atoms with Crippen LogP contribution in [0.2, 0.25) is 10.0 Å². The summed E-state index contributed by atoms with van der Waals surface area (Å²) in [5.74, 6) is -0.472. The van der Waals surface area contributed by atoms with Gasteiger partial charge in [0.15, 0.2) is 0 Å². The second kappa shape index (κ2) is 8.19. The highest BCUT2D eigenvalue weighted by Gasteiger charge is 2.22. The first kappa shape index (κ1) is 19.7. The van der Waals surface area contributed by atoms with Crippen molar-refractivity contribution in [2.45, 2.75) is 18.7 Å². The van der Waals surface area contributed by atoms with Crippen LogP contribution in [-0.2, 0) is 10.0 Å². The number of hydrogen-bond donors (Lipinski definition) is 1. The van der Waals surface area contributed by atoms with Gasteiger partial charge in [0, 0.05) is 18.7 Å². The monoisotopic (exact) mass is 400 g/mol. The summed E-state index contributed by atoms with van der Waals surface area (Å²) in [6.45, 7) is 4.23. The third-order valence-corrected chi connectivity index (χ3v) is 6.50. The second-order valence-corrected chi connectivity index (χ2v) is 7.90. The quantitative estimate of drug-likeness (QED) is 0.786. The third kappa shape index (κ3) is 4.33. The lowest BCUT2D eigenvalue weighted by Crippen LogP contribution is -2.30. The number of anilines is 1. The predicted molar refractivity (Wildman–Crippen MR) is 101 cm³/mol. The van der Waals surface area contributed by atoms with Crippen LogP contribution in [0.4, 0.5) is 5.69 Å². The van der Waals surface area contributed by atoms with E-state index in [-0.39, 0.29) is 15.5 Å². The maximum Gasteiger partial charge on any atom is 0.255 e. The number of rotatable bonds is 6. The van der Waals surface area contributed by atoms with Gasteiger partial charge in [-0.3, -0.25) is 4.79 Å². The number of halogens is 2. The Morgan fingerprint density at radius 1 is 1.08 bits per heavy atom. The zero-order valence-electron chi connectivity index (χ0n) is 13.8. The van der Waals surface area contributed by atoms with Gasteiger partial charge in [-0.25, -0.2) is 8.42 Å². The van der Waals surface area contributed by atoms with Gasteiger partial charge in [0.2, 0.25) is 10.0 Å². The first-order valence-corrected chi connectivity index (χ1v) is 9.86. The Labute approximate surface area is 157 Å². The molecule has 134 valence electrons. The van der Waals surface area contributed by atoms with Crippen molar-refractivity contribution in [3.8, 4) is 0 Å². The average Bonchev–Trinajstić information content (AvgIpc) is 2.60. The minimum Gasteiger partial charge on any atom is -0.321 e. The van der Waals surface area contributed by atoms with E-state index in [2.05, 4.69) is 5.32 Å². The molecule has 0 atom stereocenters. The Kier molecular flexibility index (Phi) is 6.46. The molecule has 1 N–H and O–H groups in total. The van der Waals surface area contributed by atoms with Gasteiger partial charge in [-0.05, 0) is 30.3 Å². The number of nitrogens with zero attached hydrogens (tertiary/aromatic N) is 1. The van der Waals surface area contributed by atoms with Crippen LogP contribution in [0.1, 0.15) is 24.2 Å². The zero-order chi connectivity index (χ0) is 18.6. The molecule has 0 fully saturated rings. The van der Waals surface area contributed by atoms with Gasteiger partial charge < -0.3 is 5.32 Å². The highest BCUT2D eigenvalue weighted by molar-refractivity contribution is 7.89. The fourth-order valence-electron chi connectivity index (χ4n) is 2.31. The van der Waals surface area contributed by atoms with Crippen LogP contribution in [0.15, 0.2) is 47.4 Å². The summed E-state index contributed by atoms with van der Waals surface area (Å²) < 4.78 is 26.5. The lowest BCUT2D eigenvalue weighted by atomic mass is 10.2. The van der Waals surface area contributed by atoms with Crippen LogP contribution < -0.4 is 5.32 Å². The predicted octanol–water partition coefficient (Wildman–Crippen LogP) is 4.28. The molecule has 0 aliphatic rings. The molecule has 0 radical (unpaired) electrons. The Balaban J connectivity index is 2.32. The Hall–Kier alpha value is -1.60. The van der Waals surface area contributed by atoms with E-state index >= 15 is 0 Å². The molecule has 2 rings (SSSR count). The van der Waals surface area contributed by atoms with Crippen molar-refractivity contribution >= 4 is 44.8 Å². The Morgan fingerprint density at radius 2 is 1.72 bits per heavy atom. The summed E-state index contributed by atoms with van der Waals surface area (Å²) in [6, 6.07) is 10.8. The highest BCUT2D eigenvalue weighted by atomic mass is 35.5. The fraction of sp³-hybridized carbons (Fsp3) is 0.235. The fourth-order valence-corrected chi connectivity index (χ4v) is 4.16. The first-order valence-electron chi connectivity index (χ1n) is 7.66. The molecule has 0 unspecified atom stereocenters. The van der Waals surface area contributed by atoms with Crippen LogP contribution >= 0.6 is 23.2 Å². The van der Waals surface area contributed by atoms with Gasteiger partial charge in [-0.15, -0.1) is 0 Å². The molecule has 0 aliphatic heterocycles. The smallest absolute Gasteiger partial charge is 0.255 e. The molecule has 0 heterocycles. The van der Waals surface area contributed by atoms with Crippen molar-refractivity contribution in [3.05, 3.63) is 58.1 Å². The van der Waals surface area contributed by atoms with Crippen molar-refractivity contribution in [3.63, 3.8) is 0 Å². The maximum absolute atomic E-state index is 12.6. The van der Waals surface area contributed by atoms with Gasteiger partial charge in [0.05, 0.1) is 20.6 Å². The van der Waals surface area contributed by atoms with Gasteiger partial charge in [-0.1, -0.05) is 49.2 Å². The minimum atomic E-state index is -3.64. The summed E-state index contributed by atoms with van der Waals surface area (Å²) in [5.41, 5.74) is 0.570. The van der Waals surface area contributed by atoms with Crippen molar-refractivity contribution in [1.29, 1.82) is 0 Å². The number of nitrogens with one attached hydrogen (secondary N) is 1. The molecule has 0 aromatic heterocycles. The molecule has 0 aliphatic carbocycles. The Bertz CT molecular complexity index is 881. The lowest BCUT2D eigenvalue weighted by Gasteiger charge is -2.18. The van der Waals surface area contributed by atoms with Crippen LogP contribution in [0.5, 0.6) is 0 Å². The number of hydrogen-bond acceptors (Lipinski definition) is 3. The van der Waals surface area contributed by atoms with Crippen molar-refractivity contribution in [2.75, 3.05) is 18.4 Å². The molecule has 0 spiro atoms. The average molecular weight is 401 g/mol. The SMILES string of the molecule is CCN(CC)S(=O)(=O)c1cccc(C(=O)Nc2cccc(Cl)c2Cl)c1. The van der Waals surface area contributed by atoms with E-state index < -0.39 is 15.9 Å². The van der Waals surface area contributed by atoms with E-state index in [9.17, 15) is 13.2 Å². The molecular weight excluding hydrogens is 383 g/mol. The van der Waals surface area contributed by atoms with Crippen molar-refractivity contribution in [1.82, 2.24) is 4.31 Å². The molecule has 2 aromatic carbocycles. The maximum atomic E-state index is 12.6. The van der Waals surface area contributed by atoms with E-state index in [4.69, 9.17) is 23.2 Å². The molecule has 5 nitrogen and oxygen atoms in total. The second-order valence-electron chi connectivity index (χ2n) is 5.17. The molecular formula is C17H18Cl2N2O3S. The Morgan fingerprint density at radius 3 is 2.36 bits per heavy atom. The normalized spacial score (nSPS) is 11.6. The number of carbonyl (C=O) groups is 1. The summed E-state index contributed by atoms with van der Waals surface area (Å²) in [4.78, 5) is 12.5. The van der Waals surface area contributed by atoms with Gasteiger partial charge >= 0.3 is 0 Å².